The second kappa shape index (κ2) is 15.4. The highest BCUT2D eigenvalue weighted by Gasteiger charge is 2.37. The lowest BCUT2D eigenvalue weighted by Gasteiger charge is -2.33. The number of hydrogen-bond donors (Lipinski definition) is 8. The molecule has 1 fully saturated rings. The summed E-state index contributed by atoms with van der Waals surface area (Å²) >= 11 is 0. The van der Waals surface area contributed by atoms with Crippen molar-refractivity contribution in [3.63, 3.8) is 0 Å². The molecule has 13 nitrogen and oxygen atoms in total. The van der Waals surface area contributed by atoms with Gasteiger partial charge >= 0.3 is 0 Å². The zero-order chi connectivity index (χ0) is 28.2. The van der Waals surface area contributed by atoms with Gasteiger partial charge in [-0.25, -0.2) is 0 Å². The smallest absolute Gasteiger partial charge is 0.243 e. The minimum Gasteiger partial charge on any atom is -0.394 e. The Morgan fingerprint density at radius 3 is 2.03 bits per heavy atom. The summed E-state index contributed by atoms with van der Waals surface area (Å²) in [6.07, 6.45) is 6.20. The maximum atomic E-state index is 13.4. The van der Waals surface area contributed by atoms with E-state index in [1.54, 1.807) is 20.8 Å². The van der Waals surface area contributed by atoms with Crippen LogP contribution in [0.2, 0.25) is 0 Å². The lowest BCUT2D eigenvalue weighted by molar-refractivity contribution is -0.136. The molecule has 1 aliphatic carbocycles. The third-order valence-corrected chi connectivity index (χ3v) is 6.49. The van der Waals surface area contributed by atoms with Gasteiger partial charge in [0.2, 0.25) is 23.6 Å². The number of nitrogens with two attached hydrogens (primary N) is 4. The quantitative estimate of drug-likeness (QED) is 0.0736. The van der Waals surface area contributed by atoms with Crippen molar-refractivity contribution in [3.05, 3.63) is 0 Å². The fourth-order valence-corrected chi connectivity index (χ4v) is 4.30. The van der Waals surface area contributed by atoms with E-state index >= 15 is 0 Å². The maximum Gasteiger partial charge on any atom is 0.243 e. The van der Waals surface area contributed by atoms with Crippen LogP contribution in [0.15, 0.2) is 4.99 Å². The number of carbonyl (C=O) groups is 4. The summed E-state index contributed by atoms with van der Waals surface area (Å²) in [5, 5.41) is 17.3. The van der Waals surface area contributed by atoms with Crippen LogP contribution in [-0.2, 0) is 19.2 Å². The average molecular weight is 527 g/mol. The number of primary amides is 1. The monoisotopic (exact) mass is 526 g/mol. The minimum atomic E-state index is -1.27. The highest BCUT2D eigenvalue weighted by Crippen LogP contribution is 2.28. The van der Waals surface area contributed by atoms with Crippen LogP contribution >= 0.6 is 0 Å². The van der Waals surface area contributed by atoms with Crippen molar-refractivity contribution in [3.8, 4) is 0 Å². The molecule has 0 aromatic carbocycles. The molecule has 1 aliphatic rings. The predicted octanol–water partition coefficient (Wildman–Crippen LogP) is -1.68. The van der Waals surface area contributed by atoms with Crippen LogP contribution in [0.1, 0.15) is 72.1 Å². The summed E-state index contributed by atoms with van der Waals surface area (Å²) < 4.78 is 0. The molecular formula is C24H46N8O5. The molecule has 212 valence electrons. The summed E-state index contributed by atoms with van der Waals surface area (Å²) in [5.74, 6) is -2.39. The molecule has 0 bridgehead atoms. The van der Waals surface area contributed by atoms with Crippen molar-refractivity contribution in [1.29, 1.82) is 0 Å². The molecule has 13 heteroatoms. The summed E-state index contributed by atoms with van der Waals surface area (Å²) in [7, 11) is 0. The van der Waals surface area contributed by atoms with E-state index in [-0.39, 0.29) is 11.9 Å². The molecule has 1 saturated carbocycles. The Balaban J connectivity index is 2.97. The Morgan fingerprint density at radius 1 is 0.919 bits per heavy atom. The summed E-state index contributed by atoms with van der Waals surface area (Å²) in [6.45, 7) is 5.02. The van der Waals surface area contributed by atoms with E-state index in [2.05, 4.69) is 20.9 Å². The second-order valence-electron chi connectivity index (χ2n) is 10.8. The van der Waals surface area contributed by atoms with Gasteiger partial charge < -0.3 is 44.0 Å². The van der Waals surface area contributed by atoms with Crippen molar-refractivity contribution in [2.75, 3.05) is 13.2 Å². The molecule has 0 unspecified atom stereocenters. The van der Waals surface area contributed by atoms with E-state index in [9.17, 15) is 24.3 Å². The molecule has 0 aromatic rings. The third kappa shape index (κ3) is 11.8. The van der Waals surface area contributed by atoms with Crippen LogP contribution in [-0.4, -0.2) is 72.0 Å². The van der Waals surface area contributed by atoms with Gasteiger partial charge in [0.05, 0.1) is 12.6 Å². The SMILES string of the molecule is CC(C)(C)[C@H](NC(=O)[C@@H](N)CCCN=C(N)N)C(=O)N[C@@H](CC1CCCCC1)C(=O)N[C@@H](CO)C(N)=O. The first-order chi connectivity index (χ1) is 17.3. The van der Waals surface area contributed by atoms with Gasteiger partial charge in [0, 0.05) is 6.54 Å². The fourth-order valence-electron chi connectivity index (χ4n) is 4.30. The van der Waals surface area contributed by atoms with Crippen molar-refractivity contribution in [2.24, 2.45) is 39.3 Å². The summed E-state index contributed by atoms with van der Waals surface area (Å²) in [6, 6.07) is -4.11. The molecule has 4 amide bonds. The predicted molar refractivity (Wildman–Crippen MR) is 141 cm³/mol. The van der Waals surface area contributed by atoms with Crippen LogP contribution in [0.5, 0.6) is 0 Å². The number of rotatable bonds is 14. The summed E-state index contributed by atoms with van der Waals surface area (Å²) in [4.78, 5) is 54.6. The molecule has 0 aliphatic heterocycles. The first-order valence-corrected chi connectivity index (χ1v) is 12.9. The highest BCUT2D eigenvalue weighted by molar-refractivity contribution is 5.95. The number of hydrogen-bond acceptors (Lipinski definition) is 7. The van der Waals surface area contributed by atoms with Crippen LogP contribution in [0.25, 0.3) is 0 Å². The number of guanidine groups is 1. The van der Waals surface area contributed by atoms with E-state index < -0.39 is 59.8 Å². The number of aliphatic imine (C=N–C) groups is 1. The molecule has 0 heterocycles. The van der Waals surface area contributed by atoms with Gasteiger partial charge in [-0.15, -0.1) is 0 Å². The van der Waals surface area contributed by atoms with Gasteiger partial charge in [-0.05, 0) is 30.6 Å². The molecule has 0 saturated heterocycles. The standard InChI is InChI=1S/C24H46N8O5/c1-24(2,3)18(32-20(35)15(25)10-7-11-29-23(27)28)22(37)30-16(12-14-8-5-4-6-9-14)21(36)31-17(13-33)19(26)34/h14-18,33H,4-13,25H2,1-3H3,(H2,26,34)(H,30,37)(H,31,36)(H,32,35)(H4,27,28,29)/t15-,16-,17-,18+/m0/s1. The minimum absolute atomic E-state index is 0.0459. The normalized spacial score (nSPS) is 17.5. The molecule has 37 heavy (non-hydrogen) atoms. The Morgan fingerprint density at radius 2 is 1.51 bits per heavy atom. The van der Waals surface area contributed by atoms with Crippen LogP contribution in [0.3, 0.4) is 0 Å². The first kappa shape index (κ1) is 32.1. The lowest BCUT2D eigenvalue weighted by atomic mass is 9.83. The number of aliphatic hydroxyl groups is 1. The van der Waals surface area contributed by atoms with Crippen LogP contribution < -0.4 is 38.9 Å². The van der Waals surface area contributed by atoms with Gasteiger partial charge in [-0.3, -0.25) is 24.2 Å². The fraction of sp³-hybridized carbons (Fsp3) is 0.792. The Bertz CT molecular complexity index is 803. The first-order valence-electron chi connectivity index (χ1n) is 12.9. The zero-order valence-corrected chi connectivity index (χ0v) is 22.3. The number of carbonyl (C=O) groups excluding carboxylic acids is 4. The van der Waals surface area contributed by atoms with Crippen molar-refractivity contribution in [2.45, 2.75) is 96.3 Å². The largest absolute Gasteiger partial charge is 0.394 e. The highest BCUT2D eigenvalue weighted by atomic mass is 16.3. The number of aliphatic hydroxyl groups excluding tert-OH is 1. The number of amides is 4. The molecule has 0 aromatic heterocycles. The van der Waals surface area contributed by atoms with E-state index in [0.717, 1.165) is 32.1 Å². The topological polar surface area (TPSA) is 241 Å². The Labute approximate surface area is 218 Å². The van der Waals surface area contributed by atoms with Crippen molar-refractivity contribution < 1.29 is 24.3 Å². The molecule has 1 rings (SSSR count). The molecule has 12 N–H and O–H groups in total. The molecular weight excluding hydrogens is 480 g/mol. The van der Waals surface area contributed by atoms with Crippen LogP contribution in [0.4, 0.5) is 0 Å². The Kier molecular flexibility index (Phi) is 13.3. The van der Waals surface area contributed by atoms with E-state index in [0.29, 0.717) is 25.8 Å². The van der Waals surface area contributed by atoms with E-state index in [4.69, 9.17) is 22.9 Å². The van der Waals surface area contributed by atoms with Crippen LogP contribution in [0, 0.1) is 11.3 Å². The zero-order valence-electron chi connectivity index (χ0n) is 22.3. The third-order valence-electron chi connectivity index (χ3n) is 6.49. The second-order valence-corrected chi connectivity index (χ2v) is 10.8. The van der Waals surface area contributed by atoms with Gasteiger partial charge in [0.15, 0.2) is 5.96 Å². The number of nitrogens with zero attached hydrogens (tertiary/aromatic N) is 1. The van der Waals surface area contributed by atoms with Crippen molar-refractivity contribution in [1.82, 2.24) is 16.0 Å². The van der Waals surface area contributed by atoms with Gasteiger partial charge in [0.25, 0.3) is 0 Å². The van der Waals surface area contributed by atoms with Gasteiger partial charge in [-0.1, -0.05) is 52.9 Å². The van der Waals surface area contributed by atoms with Gasteiger partial charge in [-0.2, -0.15) is 0 Å². The van der Waals surface area contributed by atoms with Crippen molar-refractivity contribution >= 4 is 29.6 Å². The van der Waals surface area contributed by atoms with Gasteiger partial charge in [0.1, 0.15) is 18.1 Å². The van der Waals surface area contributed by atoms with E-state index in [1.165, 1.54) is 0 Å². The average Bonchev–Trinajstić information content (AvgIpc) is 2.82. The number of nitrogens with one attached hydrogen (secondary N) is 3. The molecule has 4 atom stereocenters. The summed E-state index contributed by atoms with van der Waals surface area (Å²) in [5.41, 5.74) is 21.1. The van der Waals surface area contributed by atoms with E-state index in [1.807, 2.05) is 0 Å². The molecule has 0 spiro atoms. The molecule has 0 radical (unpaired) electrons. The lowest BCUT2D eigenvalue weighted by Crippen LogP contribution is -2.61. The maximum absolute atomic E-state index is 13.4. The Hall–Kier alpha value is -2.93.